The zero-order chi connectivity index (χ0) is 25.8. The van der Waals surface area contributed by atoms with Crippen molar-refractivity contribution in [3.63, 3.8) is 0 Å². The summed E-state index contributed by atoms with van der Waals surface area (Å²) in [6.45, 7) is 14.7. The van der Waals surface area contributed by atoms with Crippen molar-refractivity contribution in [1.29, 1.82) is 0 Å². The quantitative estimate of drug-likeness (QED) is 0.328. The van der Waals surface area contributed by atoms with Gasteiger partial charge in [0.05, 0.1) is 10.1 Å². The molecule has 186 valence electrons. The number of halogens is 1. The van der Waals surface area contributed by atoms with Crippen LogP contribution in [0.2, 0.25) is 5.02 Å². The van der Waals surface area contributed by atoms with E-state index in [1.165, 1.54) is 33.4 Å². The summed E-state index contributed by atoms with van der Waals surface area (Å²) in [5.74, 6) is 0. The third kappa shape index (κ3) is 6.11. The molecule has 2 aliphatic rings. The summed E-state index contributed by atoms with van der Waals surface area (Å²) in [4.78, 5) is 4.94. The normalized spacial score (nSPS) is 16.4. The Kier molecular flexibility index (Phi) is 8.38. The maximum absolute atomic E-state index is 6.05. The Balaban J connectivity index is 1.55. The molecule has 0 spiro atoms. The molecular weight excluding hydrogens is 482 g/mol. The molecule has 0 fully saturated rings. The molecule has 4 rings (SSSR count). The summed E-state index contributed by atoms with van der Waals surface area (Å²) in [6, 6.07) is 12.6. The first-order chi connectivity index (χ1) is 17.3. The van der Waals surface area contributed by atoms with Gasteiger partial charge in [-0.15, -0.1) is 0 Å². The van der Waals surface area contributed by atoms with Crippen molar-refractivity contribution >= 4 is 40.2 Å². The van der Waals surface area contributed by atoms with Crippen molar-refractivity contribution in [2.24, 2.45) is 10.1 Å². The number of aryl methyl sites for hydroxylation is 2. The molecule has 1 aliphatic carbocycles. The minimum atomic E-state index is 0.743. The van der Waals surface area contributed by atoms with Gasteiger partial charge in [0.2, 0.25) is 0 Å². The van der Waals surface area contributed by atoms with E-state index < -0.39 is 0 Å². The average Bonchev–Trinajstić information content (AvgIpc) is 3.43. The predicted octanol–water partition coefficient (Wildman–Crippen LogP) is 8.94. The summed E-state index contributed by atoms with van der Waals surface area (Å²) in [7, 11) is 0. The van der Waals surface area contributed by atoms with E-state index >= 15 is 0 Å². The van der Waals surface area contributed by atoms with Crippen LogP contribution >= 0.6 is 23.4 Å². The number of hydrazone groups is 1. The number of aliphatic imine (C=N–C) groups is 1. The molecule has 1 aliphatic heterocycles. The van der Waals surface area contributed by atoms with E-state index in [0.717, 1.165) is 57.8 Å². The van der Waals surface area contributed by atoms with Crippen LogP contribution < -0.4 is 0 Å². The summed E-state index contributed by atoms with van der Waals surface area (Å²) in [5, 5.41) is 9.18. The Morgan fingerprint density at radius 1 is 1.22 bits per heavy atom. The van der Waals surface area contributed by atoms with E-state index in [1.54, 1.807) is 11.8 Å². The van der Waals surface area contributed by atoms with Gasteiger partial charge in [0, 0.05) is 22.6 Å². The first kappa shape index (κ1) is 26.2. The number of nitrogens with zero attached hydrogens (tertiary/aromatic N) is 3. The van der Waals surface area contributed by atoms with Crippen molar-refractivity contribution in [2.45, 2.75) is 60.3 Å². The zero-order valence-electron chi connectivity index (χ0n) is 21.9. The molecule has 0 amide bonds. The second-order valence-electron chi connectivity index (χ2n) is 9.28. The summed E-state index contributed by atoms with van der Waals surface area (Å²) < 4.78 is 0. The molecule has 2 aromatic rings. The summed E-state index contributed by atoms with van der Waals surface area (Å²) >= 11 is 7.67. The van der Waals surface area contributed by atoms with Gasteiger partial charge in [-0.1, -0.05) is 73.3 Å². The number of benzene rings is 2. The van der Waals surface area contributed by atoms with Crippen LogP contribution in [0.1, 0.15) is 68.9 Å². The van der Waals surface area contributed by atoms with Crippen LogP contribution in [-0.4, -0.2) is 15.8 Å². The van der Waals surface area contributed by atoms with Gasteiger partial charge < -0.3 is 0 Å². The SMILES string of the molecule is C=C1SC(C)=NN1/C=C(\C)C1=Cc2c(CCC(=C/C)/N=C(\C)c3ccc(Cl)cc3)cc(CC)cc2C1. The molecular formula is C31H34ClN3S. The third-order valence-electron chi connectivity index (χ3n) is 6.67. The summed E-state index contributed by atoms with van der Waals surface area (Å²) in [5.41, 5.74) is 11.4. The molecule has 0 saturated heterocycles. The molecule has 2 aromatic carbocycles. The fourth-order valence-corrected chi connectivity index (χ4v) is 5.37. The standard InChI is InChI=1S/C31H34ClN3S/c1-7-24-15-26(11-14-30(8-2)33-21(4)25-9-12-29(32)13-10-25)31-18-27(17-28(31)16-24)20(3)19-35-23(6)36-22(5)34-35/h8-10,12-13,15-16,18-19H,6-7,11,14,17H2,1-5H3/b20-19+,30-8-,33-21+. The van der Waals surface area contributed by atoms with E-state index in [9.17, 15) is 0 Å². The average molecular weight is 516 g/mol. The van der Waals surface area contributed by atoms with E-state index in [1.807, 2.05) is 36.2 Å². The van der Waals surface area contributed by atoms with Crippen molar-refractivity contribution in [1.82, 2.24) is 5.01 Å². The molecule has 0 unspecified atom stereocenters. The highest BCUT2D eigenvalue weighted by atomic mass is 35.5. The highest BCUT2D eigenvalue weighted by Crippen LogP contribution is 2.35. The van der Waals surface area contributed by atoms with Crippen LogP contribution in [0.4, 0.5) is 0 Å². The molecule has 0 saturated carbocycles. The van der Waals surface area contributed by atoms with Gasteiger partial charge in [0.1, 0.15) is 0 Å². The molecule has 36 heavy (non-hydrogen) atoms. The lowest BCUT2D eigenvalue weighted by Gasteiger charge is -2.12. The van der Waals surface area contributed by atoms with E-state index in [2.05, 4.69) is 69.9 Å². The lowest BCUT2D eigenvalue weighted by atomic mass is 9.95. The molecule has 0 aromatic heterocycles. The Hall–Kier alpha value is -2.82. The highest BCUT2D eigenvalue weighted by molar-refractivity contribution is 8.17. The number of hydrogen-bond donors (Lipinski definition) is 0. The molecule has 0 atom stereocenters. The topological polar surface area (TPSA) is 28.0 Å². The Morgan fingerprint density at radius 2 is 1.97 bits per heavy atom. The van der Waals surface area contributed by atoms with Gasteiger partial charge in [0.15, 0.2) is 0 Å². The minimum Gasteiger partial charge on any atom is -0.258 e. The van der Waals surface area contributed by atoms with Crippen LogP contribution in [-0.2, 0) is 19.3 Å². The second kappa shape index (κ2) is 11.5. The fraction of sp³-hybridized carbons (Fsp3) is 0.290. The van der Waals surface area contributed by atoms with Crippen LogP contribution in [0.15, 0.2) is 87.2 Å². The predicted molar refractivity (Wildman–Crippen MR) is 159 cm³/mol. The molecule has 0 radical (unpaired) electrons. The van der Waals surface area contributed by atoms with Crippen LogP contribution in [0.25, 0.3) is 6.08 Å². The van der Waals surface area contributed by atoms with Crippen molar-refractivity contribution in [2.75, 3.05) is 0 Å². The zero-order valence-corrected chi connectivity index (χ0v) is 23.4. The first-order valence-electron chi connectivity index (χ1n) is 12.5. The Bertz CT molecular complexity index is 1330. The van der Waals surface area contributed by atoms with Crippen molar-refractivity contribution in [3.8, 4) is 0 Å². The third-order valence-corrected chi connectivity index (χ3v) is 7.72. The van der Waals surface area contributed by atoms with Crippen molar-refractivity contribution < 1.29 is 0 Å². The molecule has 0 N–H and O–H groups in total. The van der Waals surface area contributed by atoms with E-state index in [4.69, 9.17) is 16.6 Å². The molecule has 1 heterocycles. The largest absolute Gasteiger partial charge is 0.258 e. The maximum Gasteiger partial charge on any atom is 0.0973 e. The van der Waals surface area contributed by atoms with Gasteiger partial charge >= 0.3 is 0 Å². The van der Waals surface area contributed by atoms with Crippen LogP contribution in [0, 0.1) is 0 Å². The molecule has 5 heteroatoms. The van der Waals surface area contributed by atoms with E-state index in [-0.39, 0.29) is 0 Å². The summed E-state index contributed by atoms with van der Waals surface area (Å²) in [6.07, 6.45) is 10.5. The van der Waals surface area contributed by atoms with Crippen LogP contribution in [0.3, 0.4) is 0 Å². The van der Waals surface area contributed by atoms with Gasteiger partial charge in [0.25, 0.3) is 0 Å². The number of hydrogen-bond acceptors (Lipinski definition) is 4. The Morgan fingerprint density at radius 3 is 2.61 bits per heavy atom. The molecule has 3 nitrogen and oxygen atoms in total. The monoisotopic (exact) mass is 515 g/mol. The van der Waals surface area contributed by atoms with Gasteiger partial charge in [-0.2, -0.15) is 5.10 Å². The number of rotatable bonds is 8. The second-order valence-corrected chi connectivity index (χ2v) is 11.0. The lowest BCUT2D eigenvalue weighted by molar-refractivity contribution is 0.539. The van der Waals surface area contributed by atoms with Gasteiger partial charge in [-0.05, 0) is 104 Å². The van der Waals surface area contributed by atoms with Crippen LogP contribution in [0.5, 0.6) is 0 Å². The smallest absolute Gasteiger partial charge is 0.0973 e. The number of fused-ring (bicyclic) bond motifs is 1. The van der Waals surface area contributed by atoms with Gasteiger partial charge in [-0.3, -0.25) is 4.99 Å². The molecule has 0 bridgehead atoms. The number of allylic oxidation sites excluding steroid dienone is 4. The minimum absolute atomic E-state index is 0.743. The highest BCUT2D eigenvalue weighted by Gasteiger charge is 2.20. The van der Waals surface area contributed by atoms with E-state index in [0.29, 0.717) is 0 Å². The Labute approximate surface area is 225 Å². The number of thioether (sulfide) groups is 1. The fourth-order valence-electron chi connectivity index (χ4n) is 4.59. The maximum atomic E-state index is 6.05. The lowest BCUT2D eigenvalue weighted by Crippen LogP contribution is -2.03. The van der Waals surface area contributed by atoms with Gasteiger partial charge in [-0.25, -0.2) is 5.01 Å². The van der Waals surface area contributed by atoms with Crippen molar-refractivity contribution in [3.05, 3.63) is 110 Å². The first-order valence-corrected chi connectivity index (χ1v) is 13.7.